The maximum absolute atomic E-state index is 12.4. The number of methoxy groups -OCH3 is 1. The van der Waals surface area contributed by atoms with Crippen LogP contribution in [0.15, 0.2) is 46.3 Å². The van der Waals surface area contributed by atoms with E-state index in [9.17, 15) is 9.59 Å². The van der Waals surface area contributed by atoms with E-state index < -0.39 is 5.60 Å². The molecule has 36 heavy (non-hydrogen) atoms. The molecule has 8 heteroatoms. The topological polar surface area (TPSA) is 67.9 Å². The predicted octanol–water partition coefficient (Wildman–Crippen LogP) is 7.70. The summed E-state index contributed by atoms with van der Waals surface area (Å²) >= 11 is 5.25. The van der Waals surface area contributed by atoms with Crippen LogP contribution >= 0.6 is 27.3 Å². The number of rotatable bonds is 8. The van der Waals surface area contributed by atoms with Gasteiger partial charge in [0, 0.05) is 34.1 Å². The Hall–Kier alpha value is -2.84. The minimum atomic E-state index is -0.532. The average molecular weight is 574 g/mol. The molecule has 1 aromatic heterocycles. The third kappa shape index (κ3) is 6.28. The van der Waals surface area contributed by atoms with Crippen molar-refractivity contribution in [3.63, 3.8) is 0 Å². The quantitative estimate of drug-likeness (QED) is 0.281. The number of nitrogens with one attached hydrogen (secondary N) is 1. The number of anilines is 1. The molecule has 0 saturated carbocycles. The SMILES string of the molecule is COc1cc(Br)c(NC=O)c(-c2ccsc2C)c1-c1ccc(C(C)CN(C)C(=O)OC(C)(C)C)cc1. The number of carbonyl (C=O) groups is 2. The van der Waals surface area contributed by atoms with E-state index in [1.165, 1.54) is 0 Å². The highest BCUT2D eigenvalue weighted by Gasteiger charge is 2.24. The number of halogens is 1. The van der Waals surface area contributed by atoms with E-state index in [4.69, 9.17) is 9.47 Å². The number of aryl methyl sites for hydroxylation is 1. The summed E-state index contributed by atoms with van der Waals surface area (Å²) in [6, 6.07) is 12.2. The minimum Gasteiger partial charge on any atom is -0.496 e. The predicted molar refractivity (Wildman–Crippen MR) is 151 cm³/mol. The molecule has 3 rings (SSSR count). The molecule has 6 nitrogen and oxygen atoms in total. The molecular weight excluding hydrogens is 540 g/mol. The Morgan fingerprint density at radius 2 is 1.86 bits per heavy atom. The Kier molecular flexibility index (Phi) is 8.84. The molecular formula is C28H33BrN2O4S. The van der Waals surface area contributed by atoms with Crippen LogP contribution in [-0.2, 0) is 9.53 Å². The van der Waals surface area contributed by atoms with Gasteiger partial charge in [0.15, 0.2) is 0 Å². The Morgan fingerprint density at radius 3 is 2.39 bits per heavy atom. The molecule has 1 unspecified atom stereocenters. The number of carbonyl (C=O) groups excluding carboxylic acids is 2. The first-order valence-electron chi connectivity index (χ1n) is 11.7. The summed E-state index contributed by atoms with van der Waals surface area (Å²) in [7, 11) is 3.40. The highest BCUT2D eigenvalue weighted by atomic mass is 79.9. The number of ether oxygens (including phenoxy) is 2. The number of thiophene rings is 1. The van der Waals surface area contributed by atoms with Gasteiger partial charge in [-0.3, -0.25) is 4.79 Å². The molecule has 2 aromatic carbocycles. The second kappa shape index (κ2) is 11.5. The molecule has 0 fully saturated rings. The Morgan fingerprint density at radius 1 is 1.19 bits per heavy atom. The first kappa shape index (κ1) is 27.7. The zero-order valence-corrected chi connectivity index (χ0v) is 24.2. The van der Waals surface area contributed by atoms with Crippen molar-refractivity contribution in [2.75, 3.05) is 26.0 Å². The van der Waals surface area contributed by atoms with E-state index in [1.54, 1.807) is 30.4 Å². The third-order valence-electron chi connectivity index (χ3n) is 5.82. The van der Waals surface area contributed by atoms with Gasteiger partial charge in [-0.2, -0.15) is 0 Å². The monoisotopic (exact) mass is 572 g/mol. The van der Waals surface area contributed by atoms with Crippen LogP contribution in [0.25, 0.3) is 22.3 Å². The van der Waals surface area contributed by atoms with Gasteiger partial charge in [0.05, 0.1) is 12.8 Å². The van der Waals surface area contributed by atoms with Gasteiger partial charge in [-0.1, -0.05) is 31.2 Å². The number of likely N-dealkylation sites (N-methyl/N-ethyl adjacent to an activating group) is 1. The van der Waals surface area contributed by atoms with Crippen molar-refractivity contribution in [3.8, 4) is 28.0 Å². The fraction of sp³-hybridized carbons (Fsp3) is 0.357. The zero-order chi connectivity index (χ0) is 26.6. The number of amides is 2. The fourth-order valence-corrected chi connectivity index (χ4v) is 5.32. The highest BCUT2D eigenvalue weighted by Crippen LogP contribution is 2.49. The van der Waals surface area contributed by atoms with Crippen LogP contribution in [0.2, 0.25) is 0 Å². The second-order valence-electron chi connectivity index (χ2n) is 9.72. The van der Waals surface area contributed by atoms with Gasteiger partial charge < -0.3 is 19.7 Å². The molecule has 3 aromatic rings. The van der Waals surface area contributed by atoms with Crippen LogP contribution in [0.3, 0.4) is 0 Å². The van der Waals surface area contributed by atoms with Gasteiger partial charge in [-0.05, 0) is 83.7 Å². The summed E-state index contributed by atoms with van der Waals surface area (Å²) in [4.78, 5) is 26.6. The molecule has 1 N–H and O–H groups in total. The van der Waals surface area contributed by atoms with Gasteiger partial charge in [0.2, 0.25) is 6.41 Å². The van der Waals surface area contributed by atoms with Crippen LogP contribution < -0.4 is 10.1 Å². The summed E-state index contributed by atoms with van der Waals surface area (Å²) in [5.41, 5.74) is 5.06. The van der Waals surface area contributed by atoms with Gasteiger partial charge >= 0.3 is 6.09 Å². The largest absolute Gasteiger partial charge is 0.496 e. The lowest BCUT2D eigenvalue weighted by atomic mass is 9.90. The van der Waals surface area contributed by atoms with Crippen molar-refractivity contribution in [2.24, 2.45) is 0 Å². The fourth-order valence-electron chi connectivity index (χ4n) is 4.10. The summed E-state index contributed by atoms with van der Waals surface area (Å²) in [6.45, 7) is 10.3. The van der Waals surface area contributed by atoms with Crippen molar-refractivity contribution in [2.45, 2.75) is 46.1 Å². The zero-order valence-electron chi connectivity index (χ0n) is 21.8. The van der Waals surface area contributed by atoms with E-state index in [2.05, 4.69) is 65.4 Å². The van der Waals surface area contributed by atoms with Crippen LogP contribution in [0.5, 0.6) is 5.75 Å². The first-order valence-corrected chi connectivity index (χ1v) is 13.3. The number of nitrogens with zero attached hydrogens (tertiary/aromatic N) is 1. The van der Waals surface area contributed by atoms with Crippen LogP contribution in [0.4, 0.5) is 10.5 Å². The molecule has 1 heterocycles. The van der Waals surface area contributed by atoms with Crippen LogP contribution in [0.1, 0.15) is 44.1 Å². The second-order valence-corrected chi connectivity index (χ2v) is 11.7. The van der Waals surface area contributed by atoms with Gasteiger partial charge in [0.1, 0.15) is 11.4 Å². The summed E-state index contributed by atoms with van der Waals surface area (Å²) in [6.07, 6.45) is 0.351. The number of hydrogen-bond donors (Lipinski definition) is 1. The molecule has 1 atom stereocenters. The van der Waals surface area contributed by atoms with Crippen molar-refractivity contribution in [1.82, 2.24) is 4.90 Å². The van der Waals surface area contributed by atoms with Crippen molar-refractivity contribution < 1.29 is 19.1 Å². The molecule has 2 amide bonds. The number of hydrogen-bond acceptors (Lipinski definition) is 5. The molecule has 0 aliphatic heterocycles. The molecule has 0 spiro atoms. The standard InChI is InChI=1S/C28H33BrN2O4S/c1-17(15-31(6)27(33)35-28(3,4)5)19-8-10-20(11-9-19)24-23(34-7)14-22(29)26(30-16-32)25(24)21-12-13-36-18(21)2/h8-14,16-17H,15H2,1-7H3,(H,30,32). The lowest BCUT2D eigenvalue weighted by molar-refractivity contribution is -0.105. The minimum absolute atomic E-state index is 0.106. The normalized spacial score (nSPS) is 12.1. The van der Waals surface area contributed by atoms with Gasteiger partial charge in [0.25, 0.3) is 0 Å². The number of benzene rings is 2. The summed E-state index contributed by atoms with van der Waals surface area (Å²) in [5, 5.41) is 4.91. The van der Waals surface area contributed by atoms with Crippen molar-refractivity contribution >= 4 is 45.5 Å². The van der Waals surface area contributed by atoms with E-state index in [1.807, 2.05) is 32.2 Å². The molecule has 0 radical (unpaired) electrons. The average Bonchev–Trinajstić information content (AvgIpc) is 3.24. The van der Waals surface area contributed by atoms with Crippen molar-refractivity contribution in [1.29, 1.82) is 0 Å². The first-order chi connectivity index (χ1) is 17.0. The third-order valence-corrected chi connectivity index (χ3v) is 7.29. The van der Waals surface area contributed by atoms with Crippen molar-refractivity contribution in [3.05, 3.63) is 56.7 Å². The summed E-state index contributed by atoms with van der Waals surface area (Å²) < 4.78 is 12.0. The molecule has 0 bridgehead atoms. The maximum atomic E-state index is 12.4. The van der Waals surface area contributed by atoms with Gasteiger partial charge in [-0.15, -0.1) is 11.3 Å². The van der Waals surface area contributed by atoms with E-state index in [0.717, 1.165) is 37.2 Å². The Labute approximate surface area is 225 Å². The lowest BCUT2D eigenvalue weighted by Crippen LogP contribution is -2.36. The van der Waals surface area contributed by atoms with Crippen LogP contribution in [-0.4, -0.2) is 43.7 Å². The lowest BCUT2D eigenvalue weighted by Gasteiger charge is -2.26. The summed E-state index contributed by atoms with van der Waals surface area (Å²) in [5.74, 6) is 0.804. The smallest absolute Gasteiger partial charge is 0.410 e. The molecule has 0 saturated heterocycles. The molecule has 192 valence electrons. The Balaban J connectivity index is 2.00. The van der Waals surface area contributed by atoms with Crippen LogP contribution in [0, 0.1) is 6.92 Å². The van der Waals surface area contributed by atoms with Gasteiger partial charge in [-0.25, -0.2) is 4.79 Å². The van der Waals surface area contributed by atoms with E-state index >= 15 is 0 Å². The molecule has 0 aliphatic carbocycles. The Bertz CT molecular complexity index is 1230. The van der Waals surface area contributed by atoms with E-state index in [-0.39, 0.29) is 12.0 Å². The molecule has 0 aliphatic rings. The maximum Gasteiger partial charge on any atom is 0.410 e. The highest BCUT2D eigenvalue weighted by molar-refractivity contribution is 9.10. The van der Waals surface area contributed by atoms with E-state index in [0.29, 0.717) is 24.4 Å².